The Hall–Kier alpha value is -4.42. The largest absolute Gasteiger partial charge is 1.00 e. The van der Waals surface area contributed by atoms with E-state index in [9.17, 15) is 19.2 Å². The van der Waals surface area contributed by atoms with Gasteiger partial charge in [-0.2, -0.15) is 0 Å². The fraction of sp³-hybridized carbons (Fsp3) is 0.525. The van der Waals surface area contributed by atoms with E-state index in [0.717, 1.165) is 65.0 Å². The van der Waals surface area contributed by atoms with Gasteiger partial charge in [0.25, 0.3) is 17.9 Å². The van der Waals surface area contributed by atoms with Gasteiger partial charge >= 0.3 is 36.9 Å². The van der Waals surface area contributed by atoms with E-state index < -0.39 is 25.2 Å². The van der Waals surface area contributed by atoms with E-state index in [2.05, 4.69) is 179 Å². The van der Waals surface area contributed by atoms with Gasteiger partial charge in [-0.15, -0.1) is 0 Å². The number of unbranched alkanes of at least 4 members (excludes halogenated alkanes) is 2. The summed E-state index contributed by atoms with van der Waals surface area (Å²) in [6, 6.07) is 35.8. The first-order chi connectivity index (χ1) is 32.7. The summed E-state index contributed by atoms with van der Waals surface area (Å²) in [5, 5.41) is 7.53. The number of benzene rings is 4. The zero-order valence-corrected chi connectivity index (χ0v) is 48.0. The number of nitrogens with two attached hydrogens (primary N) is 1. The molecule has 0 atom stereocenters. The minimum atomic E-state index is -1.59. The van der Waals surface area contributed by atoms with E-state index in [1.807, 2.05) is 12.1 Å². The average Bonchev–Trinajstić information content (AvgIpc) is 3.22. The molecule has 384 valence electrons. The molecule has 4 N–H and O–H groups in total. The predicted molar refractivity (Wildman–Crippen MR) is 290 cm³/mol. The Morgan fingerprint density at radius 3 is 1.24 bits per heavy atom. The maximum Gasteiger partial charge on any atom is 1.00 e. The molecule has 1 aliphatic heterocycles. The number of nitrogens with one attached hydrogen (secondary N) is 2. The van der Waals surface area contributed by atoms with Crippen molar-refractivity contribution in [1.82, 2.24) is 5.32 Å². The second-order valence-electron chi connectivity index (χ2n) is 22.3. The molecule has 12 heteroatoms. The number of anilines is 2. The van der Waals surface area contributed by atoms with Crippen molar-refractivity contribution in [2.75, 3.05) is 11.1 Å². The van der Waals surface area contributed by atoms with Crippen molar-refractivity contribution < 1.29 is 64.1 Å². The third-order valence-electron chi connectivity index (χ3n) is 12.1. The summed E-state index contributed by atoms with van der Waals surface area (Å²) < 4.78 is 13.0. The number of aryl methyl sites for hydroxylation is 2. The topological polar surface area (TPSA) is 146 Å². The zero-order chi connectivity index (χ0) is 52.1. The molecule has 0 unspecified atom stereocenters. The Labute approximate surface area is 452 Å². The second-order valence-corrected chi connectivity index (χ2v) is 22.3. The minimum Gasteiger partial charge on any atom is -1.00 e. The first kappa shape index (κ1) is 62.7. The Morgan fingerprint density at radius 2 is 0.915 bits per heavy atom. The van der Waals surface area contributed by atoms with Crippen LogP contribution in [0.5, 0.6) is 0 Å². The standard InChI is InChI=1S/C26H38N2.C17H21N.C10H18O.C6H9BO6.Na.H/c1-6-7-8-20-9-11-21(12-10-20)17-22-13-15-23(16-14-22)27-24-18-25(2,3)28-26(4,5)19-24;1-2-3-4-14-5-7-15(8-6-14)13-16-9-11-17(18)12-10-16;1-9(2)5-8(11)6-10(3,4)7-9;1-4(8)11-7(12-5(2)9)13-6(3)10;;/h9-16,24,27-28H,6-8,17-19H2,1-5H3;5-12H,2-4,13,18H2,1H3;5-7H2,1-4H3;1-3H3;;/q;;;;+1;-1. The fourth-order valence-corrected chi connectivity index (χ4v) is 9.92. The predicted octanol–water partition coefficient (Wildman–Crippen LogP) is 10.1. The van der Waals surface area contributed by atoms with Gasteiger partial charge in [-0.1, -0.05) is 127 Å². The molecule has 71 heavy (non-hydrogen) atoms. The number of hydrogen-bond donors (Lipinski definition) is 3. The minimum absolute atomic E-state index is 0. The van der Waals surface area contributed by atoms with Gasteiger partial charge in [-0.3, -0.25) is 19.2 Å². The summed E-state index contributed by atoms with van der Waals surface area (Å²) in [5.74, 6) is -1.71. The number of carbonyl (C=O) groups is 4. The molecule has 0 amide bonds. The molecule has 1 aliphatic carbocycles. The quantitative estimate of drug-likeness (QED) is 0.0777. The molecule has 0 spiro atoms. The van der Waals surface area contributed by atoms with Crippen LogP contribution in [0.3, 0.4) is 0 Å². The van der Waals surface area contributed by atoms with Crippen LogP contribution in [0.2, 0.25) is 0 Å². The summed E-state index contributed by atoms with van der Waals surface area (Å²) in [7, 11) is -1.59. The summed E-state index contributed by atoms with van der Waals surface area (Å²) >= 11 is 0. The number of Topliss-reactive ketones (excluding diaryl/α,β-unsaturated/α-hetero) is 1. The Bertz CT molecular complexity index is 2160. The SMILES string of the molecule is CC(=O)OB(OC(C)=O)OC(C)=O.CC1(C)CC(=O)CC(C)(C)C1.CCCCc1ccc(Cc2ccc(N)cc2)cc1.CCCCc1ccc(Cc2ccc(NC3CC(C)(C)NC(C)(C)C3)cc2)cc1.[H-].[Na+]. The fourth-order valence-electron chi connectivity index (χ4n) is 9.92. The molecule has 6 rings (SSSR count). The van der Waals surface area contributed by atoms with Crippen molar-refractivity contribution in [3.63, 3.8) is 0 Å². The van der Waals surface area contributed by atoms with Crippen LogP contribution in [-0.4, -0.2) is 48.1 Å². The van der Waals surface area contributed by atoms with Gasteiger partial charge < -0.3 is 31.8 Å². The molecule has 1 saturated carbocycles. The molecule has 0 radical (unpaired) electrons. The maximum atomic E-state index is 11.3. The van der Waals surface area contributed by atoms with Gasteiger partial charge in [-0.05, 0) is 154 Å². The van der Waals surface area contributed by atoms with Crippen LogP contribution in [0.4, 0.5) is 11.4 Å². The molecule has 2 fully saturated rings. The van der Waals surface area contributed by atoms with Gasteiger partial charge in [0.05, 0.1) is 0 Å². The van der Waals surface area contributed by atoms with E-state index in [0.29, 0.717) is 11.8 Å². The molecule has 4 aromatic carbocycles. The van der Waals surface area contributed by atoms with Gasteiger partial charge in [-0.25, -0.2) is 0 Å². The van der Waals surface area contributed by atoms with Crippen LogP contribution in [0.25, 0.3) is 0 Å². The van der Waals surface area contributed by atoms with Crippen LogP contribution in [0, 0.1) is 10.8 Å². The number of nitrogen functional groups attached to an aromatic ring is 1. The van der Waals surface area contributed by atoms with Gasteiger partial charge in [0, 0.05) is 62.1 Å². The molecule has 1 saturated heterocycles. The monoisotopic (exact) mass is 984 g/mol. The van der Waals surface area contributed by atoms with Crippen molar-refractivity contribution in [2.45, 2.75) is 191 Å². The van der Waals surface area contributed by atoms with Crippen molar-refractivity contribution in [3.8, 4) is 0 Å². The number of piperidine rings is 1. The Morgan fingerprint density at radius 1 is 0.592 bits per heavy atom. The summed E-state index contributed by atoms with van der Waals surface area (Å²) in [5.41, 5.74) is 16.9. The molecule has 1 heterocycles. The van der Waals surface area contributed by atoms with E-state index in [1.165, 1.54) is 84.0 Å². The van der Waals surface area contributed by atoms with E-state index in [-0.39, 0.29) is 52.9 Å². The second kappa shape index (κ2) is 29.9. The van der Waals surface area contributed by atoms with Crippen LogP contribution in [-0.2, 0) is 58.8 Å². The number of ketones is 1. The van der Waals surface area contributed by atoms with E-state index >= 15 is 0 Å². The maximum absolute atomic E-state index is 11.3. The van der Waals surface area contributed by atoms with Gasteiger partial charge in [0.2, 0.25) is 0 Å². The molecule has 0 bridgehead atoms. The van der Waals surface area contributed by atoms with E-state index in [1.54, 1.807) is 0 Å². The number of hydrogen-bond acceptors (Lipinski definition) is 10. The van der Waals surface area contributed by atoms with Crippen molar-refractivity contribution in [3.05, 3.63) is 130 Å². The summed E-state index contributed by atoms with van der Waals surface area (Å²) in [6.07, 6.45) is 14.4. The van der Waals surface area contributed by atoms with Crippen molar-refractivity contribution >= 4 is 42.4 Å². The van der Waals surface area contributed by atoms with Crippen LogP contribution < -0.4 is 45.9 Å². The molecular formula is C59H87BN3NaO7. The first-order valence-corrected chi connectivity index (χ1v) is 25.4. The van der Waals surface area contributed by atoms with Crippen molar-refractivity contribution in [1.29, 1.82) is 0 Å². The van der Waals surface area contributed by atoms with Crippen LogP contribution in [0.1, 0.15) is 183 Å². The smallest absolute Gasteiger partial charge is 1.00 e. The first-order valence-electron chi connectivity index (χ1n) is 25.4. The molecule has 0 aromatic heterocycles. The molecular weight excluding hydrogens is 896 g/mol. The van der Waals surface area contributed by atoms with E-state index in [4.69, 9.17) is 5.73 Å². The third-order valence-corrected chi connectivity index (χ3v) is 12.1. The normalized spacial score (nSPS) is 16.0. The third kappa shape index (κ3) is 26.7. The summed E-state index contributed by atoms with van der Waals surface area (Å²) in [6.45, 7) is 25.7. The average molecular weight is 984 g/mol. The molecule has 2 aliphatic rings. The molecule has 10 nitrogen and oxygen atoms in total. The van der Waals surface area contributed by atoms with Crippen LogP contribution >= 0.6 is 0 Å². The summed E-state index contributed by atoms with van der Waals surface area (Å²) in [4.78, 5) is 42.5. The number of carbonyl (C=O) groups excluding carboxylic acids is 4. The molecule has 4 aromatic rings. The van der Waals surface area contributed by atoms with Gasteiger partial charge in [0.1, 0.15) is 5.78 Å². The zero-order valence-electron chi connectivity index (χ0n) is 47.0. The van der Waals surface area contributed by atoms with Crippen molar-refractivity contribution in [2.24, 2.45) is 10.8 Å². The Kier molecular flexibility index (Phi) is 26.4. The van der Waals surface area contributed by atoms with Gasteiger partial charge in [0.15, 0.2) is 0 Å². The Balaban J connectivity index is 0.000000510. The number of rotatable bonds is 15. The van der Waals surface area contributed by atoms with Crippen LogP contribution in [0.15, 0.2) is 97.1 Å².